The molecular weight excluding hydrogens is 360 g/mol. The van der Waals surface area contributed by atoms with E-state index in [2.05, 4.69) is 4.98 Å². The highest BCUT2D eigenvalue weighted by molar-refractivity contribution is 7.90. The maximum atomic E-state index is 12.6. The largest absolute Gasteiger partial charge is 0.355 e. The van der Waals surface area contributed by atoms with E-state index in [0.29, 0.717) is 42.3 Å². The molecule has 0 N–H and O–H groups in total. The van der Waals surface area contributed by atoms with Gasteiger partial charge in [-0.3, -0.25) is 4.79 Å². The van der Waals surface area contributed by atoms with Crippen LogP contribution in [0.5, 0.6) is 0 Å². The zero-order valence-electron chi connectivity index (χ0n) is 13.9. The van der Waals surface area contributed by atoms with Gasteiger partial charge in [-0.25, -0.2) is 13.4 Å². The Balaban J connectivity index is 1.72. The second-order valence-electron chi connectivity index (χ2n) is 6.23. The molecule has 0 aliphatic carbocycles. The third-order valence-electron chi connectivity index (χ3n) is 4.44. The number of anilines is 1. The minimum Gasteiger partial charge on any atom is -0.355 e. The van der Waals surface area contributed by atoms with Gasteiger partial charge in [-0.15, -0.1) is 0 Å². The first-order chi connectivity index (χ1) is 11.9. The first-order valence-corrected chi connectivity index (χ1v) is 10.3. The topological polar surface area (TPSA) is 67.3 Å². The summed E-state index contributed by atoms with van der Waals surface area (Å²) in [4.78, 5) is 19.0. The molecule has 1 aliphatic heterocycles. The van der Waals surface area contributed by atoms with Gasteiger partial charge in [0.1, 0.15) is 10.7 Å². The zero-order valence-corrected chi connectivity index (χ0v) is 15.4. The van der Waals surface area contributed by atoms with E-state index in [4.69, 9.17) is 11.6 Å². The van der Waals surface area contributed by atoms with Crippen molar-refractivity contribution in [2.45, 2.75) is 17.7 Å². The van der Waals surface area contributed by atoms with Gasteiger partial charge in [0.25, 0.3) is 0 Å². The third kappa shape index (κ3) is 4.02. The number of ketones is 1. The fourth-order valence-electron chi connectivity index (χ4n) is 3.11. The zero-order chi connectivity index (χ0) is 18.0. The van der Waals surface area contributed by atoms with Crippen LogP contribution in [0.4, 0.5) is 5.82 Å². The molecule has 5 nitrogen and oxygen atoms in total. The van der Waals surface area contributed by atoms with Gasteiger partial charge in [-0.2, -0.15) is 0 Å². The highest BCUT2D eigenvalue weighted by Gasteiger charge is 2.28. The van der Waals surface area contributed by atoms with Crippen molar-refractivity contribution in [1.29, 1.82) is 0 Å². The number of halogens is 1. The number of nitrogens with zero attached hydrogens (tertiary/aromatic N) is 2. The summed E-state index contributed by atoms with van der Waals surface area (Å²) in [6.07, 6.45) is 4.11. The summed E-state index contributed by atoms with van der Waals surface area (Å²) in [5.41, 5.74) is 0.664. The number of carbonyl (C=O) groups excluding carboxylic acids is 1. The van der Waals surface area contributed by atoms with Crippen LogP contribution >= 0.6 is 11.6 Å². The number of carbonyl (C=O) groups is 1. The average molecular weight is 379 g/mol. The maximum Gasteiger partial charge on any atom is 0.179 e. The summed E-state index contributed by atoms with van der Waals surface area (Å²) < 4.78 is 23.9. The van der Waals surface area contributed by atoms with Crippen LogP contribution in [0, 0.1) is 5.92 Å². The third-order valence-corrected chi connectivity index (χ3v) is 5.81. The Morgan fingerprint density at radius 2 is 1.80 bits per heavy atom. The fraction of sp³-hybridized carbons (Fsp3) is 0.333. The molecule has 0 saturated carbocycles. The van der Waals surface area contributed by atoms with Gasteiger partial charge in [0.05, 0.1) is 0 Å². The van der Waals surface area contributed by atoms with Gasteiger partial charge in [-0.1, -0.05) is 11.6 Å². The number of piperidine rings is 1. The molecule has 1 aromatic heterocycles. The van der Waals surface area contributed by atoms with E-state index in [1.807, 2.05) is 4.90 Å². The monoisotopic (exact) mass is 378 g/mol. The Labute approximate surface area is 152 Å². The molecule has 1 saturated heterocycles. The van der Waals surface area contributed by atoms with Crippen LogP contribution in [0.15, 0.2) is 47.5 Å². The average Bonchev–Trinajstić information content (AvgIpc) is 2.61. The van der Waals surface area contributed by atoms with Gasteiger partial charge in [0.15, 0.2) is 15.6 Å². The minimum atomic E-state index is -3.34. The number of aromatic nitrogens is 1. The van der Waals surface area contributed by atoms with E-state index in [0.717, 1.165) is 0 Å². The Hall–Kier alpha value is -1.92. The molecule has 132 valence electrons. The molecule has 1 aromatic carbocycles. The highest BCUT2D eigenvalue weighted by atomic mass is 35.5. The van der Waals surface area contributed by atoms with Crippen LogP contribution in [0.25, 0.3) is 0 Å². The molecular formula is C18H19ClN2O3S. The highest BCUT2D eigenvalue weighted by Crippen LogP contribution is 2.28. The summed E-state index contributed by atoms with van der Waals surface area (Å²) in [7, 11) is -3.34. The van der Waals surface area contributed by atoms with Crippen molar-refractivity contribution in [3.8, 4) is 0 Å². The Bertz CT molecular complexity index is 873. The van der Waals surface area contributed by atoms with Crippen LogP contribution in [0.1, 0.15) is 23.2 Å². The standard InChI is InChI=1S/C18H19ClN2O3S/c1-25(23,24)16-3-2-10-20-18(16)21-11-8-14(9-12-21)17(22)13-4-6-15(19)7-5-13/h2-7,10,14H,8-9,11-12H2,1H3. The first-order valence-electron chi connectivity index (χ1n) is 8.06. The van der Waals surface area contributed by atoms with Crippen molar-refractivity contribution >= 4 is 33.0 Å². The molecule has 0 amide bonds. The maximum absolute atomic E-state index is 12.6. The molecule has 2 heterocycles. The number of pyridine rings is 1. The summed E-state index contributed by atoms with van der Waals surface area (Å²) >= 11 is 5.87. The van der Waals surface area contributed by atoms with Gasteiger partial charge in [0.2, 0.25) is 0 Å². The van der Waals surface area contributed by atoms with Crippen LogP contribution in [0.2, 0.25) is 5.02 Å². The predicted octanol–water partition coefficient (Wildman–Crippen LogP) is 3.24. The summed E-state index contributed by atoms with van der Waals surface area (Å²) in [6, 6.07) is 10.1. The number of rotatable bonds is 4. The number of benzene rings is 1. The molecule has 7 heteroatoms. The number of Topliss-reactive ketones (excluding diaryl/α,β-unsaturated/α-hetero) is 1. The Morgan fingerprint density at radius 1 is 1.16 bits per heavy atom. The van der Waals surface area contributed by atoms with Crippen LogP contribution in [0.3, 0.4) is 0 Å². The van der Waals surface area contributed by atoms with Crippen LogP contribution in [-0.2, 0) is 9.84 Å². The quantitative estimate of drug-likeness (QED) is 0.764. The molecule has 0 radical (unpaired) electrons. The molecule has 1 fully saturated rings. The van der Waals surface area contributed by atoms with Crippen molar-refractivity contribution in [2.24, 2.45) is 5.92 Å². The molecule has 25 heavy (non-hydrogen) atoms. The van der Waals surface area contributed by atoms with Crippen molar-refractivity contribution in [3.05, 3.63) is 53.2 Å². The lowest BCUT2D eigenvalue weighted by Gasteiger charge is -2.33. The van der Waals surface area contributed by atoms with Crippen LogP contribution < -0.4 is 4.90 Å². The first kappa shape index (κ1) is 17.9. The summed E-state index contributed by atoms with van der Waals surface area (Å²) in [5.74, 6) is 0.519. The smallest absolute Gasteiger partial charge is 0.179 e. The number of sulfone groups is 1. The molecule has 0 spiro atoms. The van der Waals surface area contributed by atoms with Gasteiger partial charge in [0, 0.05) is 42.0 Å². The summed E-state index contributed by atoms with van der Waals surface area (Å²) in [5, 5.41) is 0.606. The summed E-state index contributed by atoms with van der Waals surface area (Å²) in [6.45, 7) is 1.20. The number of hydrogen-bond acceptors (Lipinski definition) is 5. The lowest BCUT2D eigenvalue weighted by Crippen LogP contribution is -2.37. The second-order valence-corrected chi connectivity index (χ2v) is 8.65. The van der Waals surface area contributed by atoms with Crippen molar-refractivity contribution < 1.29 is 13.2 Å². The second kappa shape index (κ2) is 7.14. The van der Waals surface area contributed by atoms with E-state index in [1.54, 1.807) is 42.6 Å². The minimum absolute atomic E-state index is 0.0668. The van der Waals surface area contributed by atoms with Gasteiger partial charge < -0.3 is 4.90 Å². The fourth-order valence-corrected chi connectivity index (χ4v) is 4.08. The molecule has 1 aliphatic rings. The molecule has 0 bridgehead atoms. The van der Waals surface area contributed by atoms with E-state index in [-0.39, 0.29) is 16.6 Å². The normalized spacial score (nSPS) is 16.0. The van der Waals surface area contributed by atoms with E-state index in [9.17, 15) is 13.2 Å². The predicted molar refractivity (Wildman–Crippen MR) is 98.1 cm³/mol. The molecule has 3 rings (SSSR count). The molecule has 0 atom stereocenters. The van der Waals surface area contributed by atoms with Crippen molar-refractivity contribution in [3.63, 3.8) is 0 Å². The number of hydrogen-bond donors (Lipinski definition) is 0. The molecule has 2 aromatic rings. The lowest BCUT2D eigenvalue weighted by atomic mass is 9.89. The van der Waals surface area contributed by atoms with Crippen molar-refractivity contribution in [2.75, 3.05) is 24.2 Å². The van der Waals surface area contributed by atoms with Gasteiger partial charge in [-0.05, 0) is 49.2 Å². The Morgan fingerprint density at radius 3 is 2.40 bits per heavy atom. The van der Waals surface area contributed by atoms with Crippen LogP contribution in [-0.4, -0.2) is 38.5 Å². The van der Waals surface area contributed by atoms with E-state index in [1.165, 1.54) is 6.26 Å². The van der Waals surface area contributed by atoms with Crippen molar-refractivity contribution in [1.82, 2.24) is 4.98 Å². The van der Waals surface area contributed by atoms with E-state index < -0.39 is 9.84 Å². The van der Waals surface area contributed by atoms with Gasteiger partial charge >= 0.3 is 0 Å². The molecule has 0 unspecified atom stereocenters. The Kier molecular flexibility index (Phi) is 5.11. The van der Waals surface area contributed by atoms with E-state index >= 15 is 0 Å². The lowest BCUT2D eigenvalue weighted by molar-refractivity contribution is 0.0900. The SMILES string of the molecule is CS(=O)(=O)c1cccnc1N1CCC(C(=O)c2ccc(Cl)cc2)CC1.